The third kappa shape index (κ3) is 2.61. The molecule has 23 heavy (non-hydrogen) atoms. The molecular weight excluding hydrogens is 298 g/mol. The lowest BCUT2D eigenvalue weighted by Crippen LogP contribution is -2.32. The maximum atomic E-state index is 12.2. The maximum Gasteiger partial charge on any atom is 0.281 e. The predicted octanol–water partition coefficient (Wildman–Crippen LogP) is 1.33. The number of hydrogen-bond donors (Lipinski definition) is 0. The number of aromatic nitrogens is 2. The van der Waals surface area contributed by atoms with Crippen LogP contribution < -0.4 is 9.47 Å². The summed E-state index contributed by atoms with van der Waals surface area (Å²) in [6, 6.07) is 5.49. The Morgan fingerprint density at radius 3 is 2.13 bits per heavy atom. The second kappa shape index (κ2) is 6.04. The Kier molecular flexibility index (Phi) is 3.92. The maximum absolute atomic E-state index is 12.2. The molecule has 0 atom stereocenters. The molecule has 118 valence electrons. The molecule has 7 nitrogen and oxygen atoms in total. The Balaban J connectivity index is 1.75. The molecule has 2 heterocycles. The van der Waals surface area contributed by atoms with Gasteiger partial charge in [-0.05, 0) is 24.1 Å². The van der Waals surface area contributed by atoms with E-state index in [1.54, 1.807) is 20.3 Å². The fourth-order valence-corrected chi connectivity index (χ4v) is 2.48. The number of carbonyl (C=O) groups is 2. The Bertz CT molecular complexity index is 741. The number of fused-ring (bicyclic) bond motifs is 1. The van der Waals surface area contributed by atoms with Crippen molar-refractivity contribution in [3.8, 4) is 11.5 Å². The van der Waals surface area contributed by atoms with Gasteiger partial charge in [-0.25, -0.2) is 9.97 Å². The van der Waals surface area contributed by atoms with Gasteiger partial charge in [0.25, 0.3) is 11.8 Å². The summed E-state index contributed by atoms with van der Waals surface area (Å²) in [6.45, 7) is 0.255. The van der Waals surface area contributed by atoms with Gasteiger partial charge >= 0.3 is 0 Å². The van der Waals surface area contributed by atoms with Crippen LogP contribution in [-0.2, 0) is 6.42 Å². The van der Waals surface area contributed by atoms with E-state index < -0.39 is 11.8 Å². The molecule has 0 N–H and O–H groups in total. The van der Waals surface area contributed by atoms with Gasteiger partial charge in [0, 0.05) is 18.9 Å². The molecule has 7 heteroatoms. The minimum Gasteiger partial charge on any atom is -0.493 e. The van der Waals surface area contributed by atoms with Crippen LogP contribution in [0.3, 0.4) is 0 Å². The zero-order chi connectivity index (χ0) is 16.4. The Labute approximate surface area is 132 Å². The fourth-order valence-electron chi connectivity index (χ4n) is 2.48. The van der Waals surface area contributed by atoms with Gasteiger partial charge in [0.15, 0.2) is 22.9 Å². The summed E-state index contributed by atoms with van der Waals surface area (Å²) < 4.78 is 10.4. The molecule has 2 amide bonds. The molecule has 0 radical (unpaired) electrons. The first-order valence-corrected chi connectivity index (χ1v) is 7.03. The van der Waals surface area contributed by atoms with Crippen molar-refractivity contribution < 1.29 is 19.1 Å². The zero-order valence-electron chi connectivity index (χ0n) is 12.8. The molecule has 0 spiro atoms. The van der Waals surface area contributed by atoms with E-state index in [0.717, 1.165) is 5.56 Å². The summed E-state index contributed by atoms with van der Waals surface area (Å²) in [7, 11) is 3.12. The first kappa shape index (κ1) is 15.0. The van der Waals surface area contributed by atoms with Crippen LogP contribution >= 0.6 is 0 Å². The van der Waals surface area contributed by atoms with Gasteiger partial charge in [-0.2, -0.15) is 0 Å². The van der Waals surface area contributed by atoms with E-state index in [-0.39, 0.29) is 17.9 Å². The van der Waals surface area contributed by atoms with Crippen molar-refractivity contribution >= 4 is 11.8 Å². The highest BCUT2D eigenvalue weighted by molar-refractivity contribution is 6.19. The van der Waals surface area contributed by atoms with E-state index >= 15 is 0 Å². The van der Waals surface area contributed by atoms with Crippen molar-refractivity contribution in [2.24, 2.45) is 0 Å². The van der Waals surface area contributed by atoms with Gasteiger partial charge < -0.3 is 9.47 Å². The van der Waals surface area contributed by atoms with E-state index in [2.05, 4.69) is 9.97 Å². The third-order valence-electron chi connectivity index (χ3n) is 3.67. The van der Waals surface area contributed by atoms with E-state index in [4.69, 9.17) is 9.47 Å². The summed E-state index contributed by atoms with van der Waals surface area (Å²) in [5.41, 5.74) is 1.16. The van der Waals surface area contributed by atoms with Gasteiger partial charge in [0.05, 0.1) is 14.2 Å². The third-order valence-corrected chi connectivity index (χ3v) is 3.67. The molecule has 1 aliphatic rings. The van der Waals surface area contributed by atoms with Gasteiger partial charge in [-0.15, -0.1) is 0 Å². The number of carbonyl (C=O) groups excluding carboxylic acids is 2. The first-order valence-electron chi connectivity index (χ1n) is 7.03. The molecule has 1 aromatic carbocycles. The number of nitrogens with zero attached hydrogens (tertiary/aromatic N) is 3. The summed E-state index contributed by atoms with van der Waals surface area (Å²) in [6.07, 6.45) is 3.32. The number of benzene rings is 1. The van der Waals surface area contributed by atoms with E-state index in [9.17, 15) is 9.59 Å². The second-order valence-electron chi connectivity index (χ2n) is 4.95. The summed E-state index contributed by atoms with van der Waals surface area (Å²) in [5.74, 6) is 0.429. The van der Waals surface area contributed by atoms with E-state index in [1.165, 1.54) is 17.3 Å². The topological polar surface area (TPSA) is 81.6 Å². The van der Waals surface area contributed by atoms with Crippen molar-refractivity contribution in [1.29, 1.82) is 0 Å². The highest BCUT2D eigenvalue weighted by Gasteiger charge is 2.37. The number of rotatable bonds is 5. The average molecular weight is 313 g/mol. The summed E-state index contributed by atoms with van der Waals surface area (Å²) in [5, 5.41) is 0. The Morgan fingerprint density at radius 1 is 0.957 bits per heavy atom. The van der Waals surface area contributed by atoms with Crippen LogP contribution in [0.5, 0.6) is 11.5 Å². The van der Waals surface area contributed by atoms with Crippen LogP contribution in [0.1, 0.15) is 26.5 Å². The molecule has 0 aliphatic carbocycles. The predicted molar refractivity (Wildman–Crippen MR) is 80.6 cm³/mol. The van der Waals surface area contributed by atoms with Crippen molar-refractivity contribution in [3.63, 3.8) is 0 Å². The summed E-state index contributed by atoms with van der Waals surface area (Å²) >= 11 is 0. The van der Waals surface area contributed by atoms with Crippen LogP contribution in [0.15, 0.2) is 30.6 Å². The van der Waals surface area contributed by atoms with Gasteiger partial charge in [-0.1, -0.05) is 6.07 Å². The number of amides is 2. The van der Waals surface area contributed by atoms with Crippen molar-refractivity contribution in [3.05, 3.63) is 47.5 Å². The lowest BCUT2D eigenvalue weighted by Gasteiger charge is -2.14. The SMILES string of the molecule is COc1ccc(CCN2C(=O)c3nccnc3C2=O)cc1OC. The zero-order valence-corrected chi connectivity index (χ0v) is 12.8. The van der Waals surface area contributed by atoms with Crippen molar-refractivity contribution in [2.45, 2.75) is 6.42 Å². The number of hydrogen-bond acceptors (Lipinski definition) is 6. The highest BCUT2D eigenvalue weighted by atomic mass is 16.5. The highest BCUT2D eigenvalue weighted by Crippen LogP contribution is 2.28. The van der Waals surface area contributed by atoms with Crippen LogP contribution in [0, 0.1) is 0 Å². The quantitative estimate of drug-likeness (QED) is 0.775. The number of ether oxygens (including phenoxy) is 2. The molecule has 1 aromatic heterocycles. The molecule has 0 saturated carbocycles. The monoisotopic (exact) mass is 313 g/mol. The number of imide groups is 1. The minimum atomic E-state index is -0.404. The molecule has 0 saturated heterocycles. The molecule has 0 unspecified atom stereocenters. The lowest BCUT2D eigenvalue weighted by molar-refractivity contribution is 0.0652. The molecular formula is C16H15N3O4. The largest absolute Gasteiger partial charge is 0.493 e. The molecule has 2 aromatic rings. The smallest absolute Gasteiger partial charge is 0.281 e. The summed E-state index contributed by atoms with van der Waals surface area (Å²) in [4.78, 5) is 33.5. The Morgan fingerprint density at radius 2 is 1.57 bits per heavy atom. The first-order chi connectivity index (χ1) is 11.2. The molecule has 0 bridgehead atoms. The average Bonchev–Trinajstić information content (AvgIpc) is 2.84. The minimum absolute atomic E-state index is 0.116. The van der Waals surface area contributed by atoms with Gasteiger partial charge in [-0.3, -0.25) is 14.5 Å². The van der Waals surface area contributed by atoms with Crippen molar-refractivity contribution in [2.75, 3.05) is 20.8 Å². The molecule has 0 fully saturated rings. The molecule has 3 rings (SSSR count). The van der Waals surface area contributed by atoms with Crippen LogP contribution in [0.2, 0.25) is 0 Å². The van der Waals surface area contributed by atoms with E-state index in [1.807, 2.05) is 12.1 Å². The fraction of sp³-hybridized carbons (Fsp3) is 0.250. The Hall–Kier alpha value is -2.96. The standard InChI is InChI=1S/C16H15N3O4/c1-22-11-4-3-10(9-12(11)23-2)5-8-19-15(20)13-14(16(19)21)18-7-6-17-13/h3-4,6-7,9H,5,8H2,1-2H3. The normalized spacial score (nSPS) is 13.2. The lowest BCUT2D eigenvalue weighted by atomic mass is 10.1. The second-order valence-corrected chi connectivity index (χ2v) is 4.95. The van der Waals surface area contributed by atoms with Gasteiger partial charge in [0.1, 0.15) is 0 Å². The van der Waals surface area contributed by atoms with Crippen LogP contribution in [0.4, 0.5) is 0 Å². The van der Waals surface area contributed by atoms with E-state index in [0.29, 0.717) is 17.9 Å². The van der Waals surface area contributed by atoms with Crippen molar-refractivity contribution in [1.82, 2.24) is 14.9 Å². The van der Waals surface area contributed by atoms with Crippen LogP contribution in [0.25, 0.3) is 0 Å². The molecule has 1 aliphatic heterocycles. The van der Waals surface area contributed by atoms with Gasteiger partial charge in [0.2, 0.25) is 0 Å². The van der Waals surface area contributed by atoms with Crippen LogP contribution in [-0.4, -0.2) is 47.4 Å². The number of methoxy groups -OCH3 is 2.